The maximum atomic E-state index is 12.7. The van der Waals surface area contributed by atoms with Crippen molar-refractivity contribution < 1.29 is 19.1 Å². The zero-order chi connectivity index (χ0) is 17.3. The normalized spacial score (nSPS) is 17.9. The number of aromatic nitrogens is 3. The van der Waals surface area contributed by atoms with Gasteiger partial charge in [-0.15, -0.1) is 0 Å². The quantitative estimate of drug-likeness (QED) is 0.912. The number of oxazole rings is 1. The van der Waals surface area contributed by atoms with Gasteiger partial charge in [-0.2, -0.15) is 5.10 Å². The lowest BCUT2D eigenvalue weighted by atomic mass is 9.94. The summed E-state index contributed by atoms with van der Waals surface area (Å²) in [4.78, 5) is 29.5. The Morgan fingerprint density at radius 3 is 2.88 bits per heavy atom. The summed E-state index contributed by atoms with van der Waals surface area (Å²) in [6.07, 6.45) is 3.34. The fraction of sp³-hybridized carbons (Fsp3) is 0.500. The number of likely N-dealkylation sites (tertiary alicyclic amines) is 1. The molecule has 1 amide bonds. The first-order valence-corrected chi connectivity index (χ1v) is 7.92. The molecule has 1 aliphatic rings. The molecule has 0 bridgehead atoms. The highest BCUT2D eigenvalue weighted by atomic mass is 16.4. The summed E-state index contributed by atoms with van der Waals surface area (Å²) in [5.74, 6) is -0.274. The van der Waals surface area contributed by atoms with Crippen LogP contribution in [-0.4, -0.2) is 49.7 Å². The molecule has 8 heteroatoms. The van der Waals surface area contributed by atoms with Crippen LogP contribution in [0.25, 0.3) is 0 Å². The average molecular weight is 332 g/mol. The Hall–Kier alpha value is -2.64. The third-order valence-electron chi connectivity index (χ3n) is 4.26. The van der Waals surface area contributed by atoms with E-state index in [2.05, 4.69) is 10.1 Å². The van der Waals surface area contributed by atoms with Crippen molar-refractivity contribution in [2.24, 2.45) is 0 Å². The summed E-state index contributed by atoms with van der Waals surface area (Å²) in [5, 5.41) is 13.1. The highest BCUT2D eigenvalue weighted by Gasteiger charge is 2.30. The van der Waals surface area contributed by atoms with Gasteiger partial charge in [0.25, 0.3) is 5.91 Å². The van der Waals surface area contributed by atoms with Gasteiger partial charge in [0.15, 0.2) is 5.89 Å². The molecule has 1 atom stereocenters. The van der Waals surface area contributed by atoms with E-state index >= 15 is 0 Å². The molecule has 0 aliphatic carbocycles. The second kappa shape index (κ2) is 6.46. The van der Waals surface area contributed by atoms with Gasteiger partial charge in [-0.25, -0.2) is 4.98 Å². The predicted molar refractivity (Wildman–Crippen MR) is 83.7 cm³/mol. The predicted octanol–water partition coefficient (Wildman–Crippen LogP) is 1.59. The van der Waals surface area contributed by atoms with Gasteiger partial charge in [-0.05, 0) is 25.8 Å². The minimum Gasteiger partial charge on any atom is -0.480 e. The van der Waals surface area contributed by atoms with Gasteiger partial charge in [0, 0.05) is 37.8 Å². The van der Waals surface area contributed by atoms with Crippen LogP contribution < -0.4 is 0 Å². The lowest BCUT2D eigenvalue weighted by Crippen LogP contribution is -2.39. The number of carboxylic acid groups (broad SMARTS) is 1. The Morgan fingerprint density at radius 1 is 1.42 bits per heavy atom. The topological polar surface area (TPSA) is 101 Å². The van der Waals surface area contributed by atoms with E-state index in [1.807, 2.05) is 6.07 Å². The number of piperidine rings is 1. The van der Waals surface area contributed by atoms with E-state index in [9.17, 15) is 9.59 Å². The number of carboxylic acids is 1. The van der Waals surface area contributed by atoms with Crippen molar-refractivity contribution in [2.45, 2.75) is 39.2 Å². The van der Waals surface area contributed by atoms with E-state index in [1.54, 1.807) is 24.9 Å². The zero-order valence-corrected chi connectivity index (χ0v) is 13.7. The van der Waals surface area contributed by atoms with Gasteiger partial charge in [0.1, 0.15) is 6.54 Å². The number of carbonyl (C=O) groups is 2. The molecule has 8 nitrogen and oxygen atoms in total. The van der Waals surface area contributed by atoms with Crippen molar-refractivity contribution in [3.63, 3.8) is 0 Å². The number of rotatable bonds is 4. The molecule has 24 heavy (non-hydrogen) atoms. The van der Waals surface area contributed by atoms with Gasteiger partial charge in [0.2, 0.25) is 5.76 Å². The van der Waals surface area contributed by atoms with Gasteiger partial charge in [-0.1, -0.05) is 0 Å². The van der Waals surface area contributed by atoms with E-state index in [0.29, 0.717) is 24.7 Å². The molecule has 3 heterocycles. The van der Waals surface area contributed by atoms with Crippen LogP contribution in [0.4, 0.5) is 0 Å². The standard InChI is InChI=1S/C16H20N4O4/c1-10-15(24-11(2)18-10)16(23)19-7-3-4-12(8-19)13-5-6-17-20(13)9-14(21)22/h5-6,12H,3-4,7-9H2,1-2H3,(H,21,22)/t12-/m0/s1. The molecular weight excluding hydrogens is 312 g/mol. The van der Waals surface area contributed by atoms with Crippen LogP contribution >= 0.6 is 0 Å². The van der Waals surface area contributed by atoms with E-state index < -0.39 is 5.97 Å². The number of carbonyl (C=O) groups excluding carboxylic acids is 1. The SMILES string of the molecule is Cc1nc(C)c(C(=O)N2CCC[C@H](c3ccnn3CC(=O)O)C2)o1. The Balaban J connectivity index is 1.77. The first-order chi connectivity index (χ1) is 11.5. The molecule has 1 fully saturated rings. The molecule has 1 aliphatic heterocycles. The second-order valence-corrected chi connectivity index (χ2v) is 6.05. The molecule has 0 radical (unpaired) electrons. The lowest BCUT2D eigenvalue weighted by Gasteiger charge is -2.32. The number of hydrogen-bond acceptors (Lipinski definition) is 5. The summed E-state index contributed by atoms with van der Waals surface area (Å²) < 4.78 is 6.92. The molecule has 0 aromatic carbocycles. The average Bonchev–Trinajstić information content (AvgIpc) is 3.12. The number of hydrogen-bond donors (Lipinski definition) is 1. The molecule has 1 saturated heterocycles. The third kappa shape index (κ3) is 3.17. The van der Waals surface area contributed by atoms with Crippen LogP contribution in [0.3, 0.4) is 0 Å². The molecule has 128 valence electrons. The smallest absolute Gasteiger partial charge is 0.325 e. The molecule has 2 aromatic heterocycles. The van der Waals surface area contributed by atoms with E-state index in [-0.39, 0.29) is 24.1 Å². The van der Waals surface area contributed by atoms with Crippen molar-refractivity contribution in [2.75, 3.05) is 13.1 Å². The van der Waals surface area contributed by atoms with Crippen LogP contribution in [0.15, 0.2) is 16.7 Å². The minimum atomic E-state index is -0.934. The number of amides is 1. The summed E-state index contributed by atoms with van der Waals surface area (Å²) in [6.45, 7) is 4.47. The molecule has 1 N–H and O–H groups in total. The highest BCUT2D eigenvalue weighted by molar-refractivity contribution is 5.92. The first-order valence-electron chi connectivity index (χ1n) is 7.92. The molecule has 2 aromatic rings. The molecular formula is C16H20N4O4. The van der Waals surface area contributed by atoms with E-state index in [1.165, 1.54) is 4.68 Å². The van der Waals surface area contributed by atoms with Crippen molar-refractivity contribution in [1.82, 2.24) is 19.7 Å². The van der Waals surface area contributed by atoms with Crippen molar-refractivity contribution in [3.05, 3.63) is 35.3 Å². The summed E-state index contributed by atoms with van der Waals surface area (Å²) in [6, 6.07) is 1.82. The number of nitrogens with zero attached hydrogens (tertiary/aromatic N) is 4. The van der Waals surface area contributed by atoms with Gasteiger partial charge >= 0.3 is 5.97 Å². The van der Waals surface area contributed by atoms with E-state index in [0.717, 1.165) is 18.5 Å². The van der Waals surface area contributed by atoms with Crippen LogP contribution in [0.5, 0.6) is 0 Å². The monoisotopic (exact) mass is 332 g/mol. The first kappa shape index (κ1) is 16.2. The van der Waals surface area contributed by atoms with Gasteiger partial charge in [0.05, 0.1) is 5.69 Å². The van der Waals surface area contributed by atoms with Crippen LogP contribution in [0.1, 0.15) is 46.6 Å². The fourth-order valence-corrected chi connectivity index (χ4v) is 3.23. The maximum Gasteiger partial charge on any atom is 0.325 e. The Morgan fingerprint density at radius 2 is 2.21 bits per heavy atom. The fourth-order valence-electron chi connectivity index (χ4n) is 3.23. The minimum absolute atomic E-state index is 0.0638. The van der Waals surface area contributed by atoms with Crippen molar-refractivity contribution >= 4 is 11.9 Å². The van der Waals surface area contributed by atoms with Gasteiger partial charge < -0.3 is 14.4 Å². The van der Waals surface area contributed by atoms with E-state index in [4.69, 9.17) is 9.52 Å². The van der Waals surface area contributed by atoms with Crippen LogP contribution in [0, 0.1) is 13.8 Å². The molecule has 0 spiro atoms. The molecule has 0 unspecified atom stereocenters. The highest BCUT2D eigenvalue weighted by Crippen LogP contribution is 2.28. The third-order valence-corrected chi connectivity index (χ3v) is 4.26. The summed E-state index contributed by atoms with van der Waals surface area (Å²) in [7, 11) is 0. The summed E-state index contributed by atoms with van der Waals surface area (Å²) in [5.41, 5.74) is 1.44. The summed E-state index contributed by atoms with van der Waals surface area (Å²) >= 11 is 0. The molecule has 0 saturated carbocycles. The maximum absolute atomic E-state index is 12.7. The number of aliphatic carboxylic acids is 1. The Kier molecular flexibility index (Phi) is 4.37. The number of aryl methyl sites for hydroxylation is 2. The van der Waals surface area contributed by atoms with Crippen LogP contribution in [0.2, 0.25) is 0 Å². The Labute approximate surface area is 139 Å². The van der Waals surface area contributed by atoms with Gasteiger partial charge in [-0.3, -0.25) is 14.3 Å². The Bertz CT molecular complexity index is 764. The largest absolute Gasteiger partial charge is 0.480 e. The van der Waals surface area contributed by atoms with Crippen LogP contribution in [-0.2, 0) is 11.3 Å². The second-order valence-electron chi connectivity index (χ2n) is 6.05. The lowest BCUT2D eigenvalue weighted by molar-refractivity contribution is -0.137. The van der Waals surface area contributed by atoms with Crippen molar-refractivity contribution in [1.29, 1.82) is 0 Å². The molecule has 3 rings (SSSR count). The van der Waals surface area contributed by atoms with Crippen molar-refractivity contribution in [3.8, 4) is 0 Å². The zero-order valence-electron chi connectivity index (χ0n) is 13.7.